The van der Waals surface area contributed by atoms with Crippen molar-refractivity contribution in [3.05, 3.63) is 32.5 Å². The number of hydrogen-bond acceptors (Lipinski definition) is 5. The molecule has 1 aromatic carbocycles. The maximum atomic E-state index is 5.56. The minimum Gasteiger partial charge on any atom is -0.492 e. The van der Waals surface area contributed by atoms with Gasteiger partial charge in [-0.25, -0.2) is 0 Å². The Morgan fingerprint density at radius 3 is 2.60 bits per heavy atom. The van der Waals surface area contributed by atoms with Crippen molar-refractivity contribution in [1.29, 1.82) is 0 Å². The van der Waals surface area contributed by atoms with E-state index in [0.29, 0.717) is 19.0 Å². The van der Waals surface area contributed by atoms with Crippen LogP contribution in [-0.4, -0.2) is 27.2 Å². The van der Waals surface area contributed by atoms with E-state index in [1.807, 2.05) is 26.0 Å². The number of aromatic amines is 1. The van der Waals surface area contributed by atoms with E-state index >= 15 is 0 Å². The molecule has 0 aliphatic carbocycles. The molecule has 0 fully saturated rings. The molecule has 108 valence electrons. The van der Waals surface area contributed by atoms with Crippen LogP contribution in [-0.2, 0) is 6.54 Å². The number of ether oxygens (including phenoxy) is 1. The summed E-state index contributed by atoms with van der Waals surface area (Å²) in [5.41, 5.74) is 1.13. The first-order chi connectivity index (χ1) is 9.61. The van der Waals surface area contributed by atoms with Gasteiger partial charge in [0.25, 0.3) is 0 Å². The standard InChI is InChI=1S/C12H15Br2N5O/c1-3-20-11-9(13)4-8(5-10(11)14)6-15-7(2)12-16-18-19-17-12/h4-5,7,15H,3,6H2,1-2H3,(H,16,17,18,19). The summed E-state index contributed by atoms with van der Waals surface area (Å²) < 4.78 is 7.42. The lowest BCUT2D eigenvalue weighted by atomic mass is 10.2. The van der Waals surface area contributed by atoms with Crippen LogP contribution >= 0.6 is 31.9 Å². The molecule has 0 bridgehead atoms. The number of halogens is 2. The van der Waals surface area contributed by atoms with Crippen LogP contribution in [0.15, 0.2) is 21.1 Å². The van der Waals surface area contributed by atoms with Crippen LogP contribution in [0.3, 0.4) is 0 Å². The number of nitrogens with one attached hydrogen (secondary N) is 2. The van der Waals surface area contributed by atoms with Gasteiger partial charge in [0.05, 0.1) is 21.6 Å². The highest BCUT2D eigenvalue weighted by molar-refractivity contribution is 9.11. The first-order valence-corrected chi connectivity index (χ1v) is 7.77. The predicted molar refractivity (Wildman–Crippen MR) is 82.4 cm³/mol. The molecule has 1 aromatic heterocycles. The Bertz CT molecular complexity index is 538. The molecule has 0 aliphatic heterocycles. The van der Waals surface area contributed by atoms with Gasteiger partial charge in [-0.05, 0) is 63.4 Å². The van der Waals surface area contributed by atoms with Crippen molar-refractivity contribution < 1.29 is 4.74 Å². The van der Waals surface area contributed by atoms with Gasteiger partial charge in [0.15, 0.2) is 5.82 Å². The number of aromatic nitrogens is 4. The number of rotatable bonds is 6. The van der Waals surface area contributed by atoms with E-state index < -0.39 is 0 Å². The monoisotopic (exact) mass is 403 g/mol. The lowest BCUT2D eigenvalue weighted by molar-refractivity contribution is 0.336. The topological polar surface area (TPSA) is 75.7 Å². The summed E-state index contributed by atoms with van der Waals surface area (Å²) in [5, 5.41) is 17.2. The Balaban J connectivity index is 2.03. The predicted octanol–water partition coefficient (Wildman–Crippen LogP) is 2.97. The molecule has 0 radical (unpaired) electrons. The van der Waals surface area contributed by atoms with E-state index in [1.165, 1.54) is 0 Å². The second-order valence-electron chi connectivity index (χ2n) is 4.19. The summed E-state index contributed by atoms with van der Waals surface area (Å²) in [6.45, 7) is 5.27. The Morgan fingerprint density at radius 2 is 2.05 bits per heavy atom. The van der Waals surface area contributed by atoms with E-state index in [-0.39, 0.29) is 6.04 Å². The Hall–Kier alpha value is -0.990. The minimum absolute atomic E-state index is 0.0258. The van der Waals surface area contributed by atoms with Gasteiger partial charge < -0.3 is 10.1 Å². The van der Waals surface area contributed by atoms with Gasteiger partial charge in [-0.2, -0.15) is 5.21 Å². The lowest BCUT2D eigenvalue weighted by Gasteiger charge is -2.13. The largest absolute Gasteiger partial charge is 0.492 e. The Morgan fingerprint density at radius 1 is 1.35 bits per heavy atom. The molecule has 0 amide bonds. The number of tetrazole rings is 1. The molecule has 2 N–H and O–H groups in total. The third kappa shape index (κ3) is 3.77. The summed E-state index contributed by atoms with van der Waals surface area (Å²) >= 11 is 7.04. The fraction of sp³-hybridized carbons (Fsp3) is 0.417. The van der Waals surface area contributed by atoms with Gasteiger partial charge in [-0.3, -0.25) is 0 Å². The normalized spacial score (nSPS) is 12.4. The summed E-state index contributed by atoms with van der Waals surface area (Å²) in [7, 11) is 0. The molecule has 6 nitrogen and oxygen atoms in total. The quantitative estimate of drug-likeness (QED) is 0.773. The van der Waals surface area contributed by atoms with Crippen molar-refractivity contribution in [3.8, 4) is 5.75 Å². The van der Waals surface area contributed by atoms with Gasteiger partial charge in [-0.1, -0.05) is 5.21 Å². The maximum absolute atomic E-state index is 5.56. The maximum Gasteiger partial charge on any atom is 0.191 e. The van der Waals surface area contributed by atoms with E-state index in [1.54, 1.807) is 0 Å². The summed E-state index contributed by atoms with van der Waals surface area (Å²) in [6, 6.07) is 4.09. The molecule has 0 saturated carbocycles. The zero-order valence-corrected chi connectivity index (χ0v) is 14.3. The number of benzene rings is 1. The number of H-pyrrole nitrogens is 1. The van der Waals surface area contributed by atoms with Crippen LogP contribution in [0.1, 0.15) is 31.3 Å². The molecular weight excluding hydrogens is 390 g/mol. The molecule has 0 spiro atoms. The molecule has 8 heteroatoms. The molecule has 1 heterocycles. The Labute approximate surface area is 133 Å². The highest BCUT2D eigenvalue weighted by Gasteiger charge is 2.12. The van der Waals surface area contributed by atoms with Crippen LogP contribution in [0.25, 0.3) is 0 Å². The number of hydrogen-bond donors (Lipinski definition) is 2. The van der Waals surface area contributed by atoms with E-state index in [4.69, 9.17) is 4.74 Å². The molecule has 1 atom stereocenters. The van der Waals surface area contributed by atoms with Crippen LogP contribution in [0.2, 0.25) is 0 Å². The molecule has 0 aliphatic rings. The lowest BCUT2D eigenvalue weighted by Crippen LogP contribution is -2.19. The van der Waals surface area contributed by atoms with Crippen molar-refractivity contribution in [2.45, 2.75) is 26.4 Å². The number of nitrogens with zero attached hydrogens (tertiary/aromatic N) is 3. The Kier molecular flexibility index (Phi) is 5.50. The zero-order valence-electron chi connectivity index (χ0n) is 11.2. The fourth-order valence-electron chi connectivity index (χ4n) is 1.71. The SMILES string of the molecule is CCOc1c(Br)cc(CNC(C)c2nn[nH]n2)cc1Br. The molecular formula is C12H15Br2N5O. The van der Waals surface area contributed by atoms with Gasteiger partial charge in [0.1, 0.15) is 5.75 Å². The van der Waals surface area contributed by atoms with Crippen LogP contribution in [0.4, 0.5) is 0 Å². The van der Waals surface area contributed by atoms with Crippen molar-refractivity contribution in [2.75, 3.05) is 6.61 Å². The van der Waals surface area contributed by atoms with Crippen molar-refractivity contribution in [1.82, 2.24) is 25.9 Å². The van der Waals surface area contributed by atoms with E-state index in [2.05, 4.69) is 57.8 Å². The first-order valence-electron chi connectivity index (χ1n) is 6.19. The highest BCUT2D eigenvalue weighted by atomic mass is 79.9. The minimum atomic E-state index is 0.0258. The van der Waals surface area contributed by atoms with Gasteiger partial charge in [0.2, 0.25) is 0 Å². The zero-order chi connectivity index (χ0) is 14.5. The highest BCUT2D eigenvalue weighted by Crippen LogP contribution is 2.34. The van der Waals surface area contributed by atoms with Gasteiger partial charge in [0, 0.05) is 6.54 Å². The van der Waals surface area contributed by atoms with Crippen molar-refractivity contribution in [2.24, 2.45) is 0 Å². The molecule has 1 unspecified atom stereocenters. The smallest absolute Gasteiger partial charge is 0.191 e. The van der Waals surface area contributed by atoms with Gasteiger partial charge in [-0.15, -0.1) is 10.2 Å². The summed E-state index contributed by atoms with van der Waals surface area (Å²) in [4.78, 5) is 0. The average Bonchev–Trinajstić information content (AvgIpc) is 2.94. The van der Waals surface area contributed by atoms with Crippen LogP contribution in [0.5, 0.6) is 5.75 Å². The second-order valence-corrected chi connectivity index (χ2v) is 5.90. The third-order valence-electron chi connectivity index (χ3n) is 2.71. The molecule has 2 aromatic rings. The van der Waals surface area contributed by atoms with Crippen molar-refractivity contribution >= 4 is 31.9 Å². The summed E-state index contributed by atoms with van der Waals surface area (Å²) in [6.07, 6.45) is 0. The molecule has 2 rings (SSSR count). The molecule has 0 saturated heterocycles. The van der Waals surface area contributed by atoms with Crippen LogP contribution < -0.4 is 10.1 Å². The fourth-order valence-corrected chi connectivity index (χ4v) is 3.22. The van der Waals surface area contributed by atoms with E-state index in [0.717, 1.165) is 20.3 Å². The van der Waals surface area contributed by atoms with E-state index in [9.17, 15) is 0 Å². The van der Waals surface area contributed by atoms with Crippen molar-refractivity contribution in [3.63, 3.8) is 0 Å². The molecule has 20 heavy (non-hydrogen) atoms. The third-order valence-corrected chi connectivity index (χ3v) is 3.89. The average molecular weight is 405 g/mol. The van der Waals surface area contributed by atoms with Crippen LogP contribution in [0, 0.1) is 0 Å². The second kappa shape index (κ2) is 7.14. The first kappa shape index (κ1) is 15.4. The summed E-state index contributed by atoms with van der Waals surface area (Å²) in [5.74, 6) is 1.47. The van der Waals surface area contributed by atoms with Gasteiger partial charge >= 0.3 is 0 Å².